The second-order valence-corrected chi connectivity index (χ2v) is 4.61. The van der Waals surface area contributed by atoms with Crippen LogP contribution in [0.1, 0.15) is 0 Å². The lowest BCUT2D eigenvalue weighted by Gasteiger charge is -2.20. The molecule has 0 saturated carbocycles. The fourth-order valence-corrected chi connectivity index (χ4v) is 1.76. The highest BCUT2D eigenvalue weighted by Gasteiger charge is 2.14. The summed E-state index contributed by atoms with van der Waals surface area (Å²) in [5.74, 6) is -1.02. The number of halogens is 2. The maximum atomic E-state index is 13.4. The molecule has 0 radical (unpaired) electrons. The van der Waals surface area contributed by atoms with Gasteiger partial charge in [0.25, 0.3) is 5.91 Å². The average molecular weight is 336 g/mol. The molecule has 0 bridgehead atoms. The number of aliphatic hydroxyl groups is 2. The molecular formula is C12H15BrFNO4. The Balaban J connectivity index is 2.56. The molecule has 1 aromatic rings. The molecule has 0 atom stereocenters. The van der Waals surface area contributed by atoms with Crippen LogP contribution in [0.5, 0.6) is 5.75 Å². The van der Waals surface area contributed by atoms with E-state index in [1.54, 1.807) is 6.07 Å². The summed E-state index contributed by atoms with van der Waals surface area (Å²) in [4.78, 5) is 13.0. The van der Waals surface area contributed by atoms with E-state index in [1.165, 1.54) is 17.0 Å². The smallest absolute Gasteiger partial charge is 0.260 e. The van der Waals surface area contributed by atoms with Crippen molar-refractivity contribution in [3.05, 3.63) is 28.5 Å². The minimum absolute atomic E-state index is 0.0236. The lowest BCUT2D eigenvalue weighted by atomic mass is 10.3. The number of hydrogen-bond acceptors (Lipinski definition) is 4. The first kappa shape index (κ1) is 15.9. The van der Waals surface area contributed by atoms with Crippen LogP contribution in [-0.4, -0.2) is 53.9 Å². The van der Waals surface area contributed by atoms with Crippen LogP contribution in [0.4, 0.5) is 4.39 Å². The predicted octanol–water partition coefficient (Wildman–Crippen LogP) is 0.780. The van der Waals surface area contributed by atoms with Crippen LogP contribution >= 0.6 is 15.9 Å². The minimum Gasteiger partial charge on any atom is -0.481 e. The molecular weight excluding hydrogens is 321 g/mol. The van der Waals surface area contributed by atoms with Crippen molar-refractivity contribution in [2.45, 2.75) is 0 Å². The molecule has 0 saturated heterocycles. The Labute approximate surface area is 118 Å². The monoisotopic (exact) mass is 335 g/mol. The van der Waals surface area contributed by atoms with E-state index in [9.17, 15) is 9.18 Å². The van der Waals surface area contributed by atoms with E-state index in [-0.39, 0.29) is 38.7 Å². The number of hydrogen-bond donors (Lipinski definition) is 2. The average Bonchev–Trinajstić information content (AvgIpc) is 2.37. The number of ether oxygens (including phenoxy) is 1. The number of carbonyl (C=O) groups is 1. The maximum absolute atomic E-state index is 13.4. The molecule has 0 aliphatic heterocycles. The molecule has 0 fully saturated rings. The van der Waals surface area contributed by atoms with Crippen LogP contribution < -0.4 is 4.74 Å². The predicted molar refractivity (Wildman–Crippen MR) is 70.3 cm³/mol. The van der Waals surface area contributed by atoms with Crippen LogP contribution in [0, 0.1) is 5.82 Å². The fourth-order valence-electron chi connectivity index (χ4n) is 1.43. The van der Waals surface area contributed by atoms with Gasteiger partial charge in [-0.3, -0.25) is 4.79 Å². The van der Waals surface area contributed by atoms with Gasteiger partial charge in [0.05, 0.1) is 13.2 Å². The number of benzene rings is 1. The van der Waals surface area contributed by atoms with Gasteiger partial charge in [0.15, 0.2) is 18.2 Å². The van der Waals surface area contributed by atoms with Crippen LogP contribution in [0.2, 0.25) is 0 Å². The topological polar surface area (TPSA) is 70.0 Å². The van der Waals surface area contributed by atoms with E-state index < -0.39 is 11.7 Å². The summed E-state index contributed by atoms with van der Waals surface area (Å²) in [6.45, 7) is -0.563. The van der Waals surface area contributed by atoms with Gasteiger partial charge >= 0.3 is 0 Å². The Morgan fingerprint density at radius 3 is 2.47 bits per heavy atom. The van der Waals surface area contributed by atoms with Crippen molar-refractivity contribution in [1.29, 1.82) is 0 Å². The molecule has 106 valence electrons. The molecule has 0 unspecified atom stereocenters. The van der Waals surface area contributed by atoms with Crippen molar-refractivity contribution in [1.82, 2.24) is 4.90 Å². The molecule has 2 N–H and O–H groups in total. The van der Waals surface area contributed by atoms with Gasteiger partial charge in [-0.05, 0) is 18.2 Å². The zero-order valence-electron chi connectivity index (χ0n) is 10.2. The molecule has 1 rings (SSSR count). The zero-order chi connectivity index (χ0) is 14.3. The number of aliphatic hydroxyl groups excluding tert-OH is 2. The minimum atomic E-state index is -0.571. The highest BCUT2D eigenvalue weighted by Crippen LogP contribution is 2.21. The van der Waals surface area contributed by atoms with Gasteiger partial charge in [-0.2, -0.15) is 0 Å². The highest BCUT2D eigenvalue weighted by molar-refractivity contribution is 9.10. The Morgan fingerprint density at radius 1 is 1.32 bits per heavy atom. The summed E-state index contributed by atoms with van der Waals surface area (Å²) in [7, 11) is 0. The van der Waals surface area contributed by atoms with Gasteiger partial charge in [-0.25, -0.2) is 4.39 Å². The fraction of sp³-hybridized carbons (Fsp3) is 0.417. The summed E-state index contributed by atoms with van der Waals surface area (Å²) in [5.41, 5.74) is 0. The summed E-state index contributed by atoms with van der Waals surface area (Å²) in [6, 6.07) is 4.25. The van der Waals surface area contributed by atoms with E-state index in [1.807, 2.05) is 0 Å². The molecule has 7 heteroatoms. The molecule has 0 aliphatic rings. The third-order valence-electron chi connectivity index (χ3n) is 2.34. The first-order chi connectivity index (χ1) is 9.08. The summed E-state index contributed by atoms with van der Waals surface area (Å²) < 4.78 is 19.1. The number of carbonyl (C=O) groups excluding carboxylic acids is 1. The van der Waals surface area contributed by atoms with E-state index in [2.05, 4.69) is 15.9 Å². The van der Waals surface area contributed by atoms with E-state index in [0.29, 0.717) is 4.47 Å². The van der Waals surface area contributed by atoms with Crippen LogP contribution in [0.25, 0.3) is 0 Å². The second kappa shape index (κ2) is 8.08. The number of rotatable bonds is 7. The Morgan fingerprint density at radius 2 is 1.95 bits per heavy atom. The number of nitrogens with zero attached hydrogens (tertiary/aromatic N) is 1. The Bertz CT molecular complexity index is 424. The van der Waals surface area contributed by atoms with Gasteiger partial charge in [0.2, 0.25) is 0 Å². The van der Waals surface area contributed by atoms with E-state index >= 15 is 0 Å². The standard InChI is InChI=1S/C12H15BrFNO4/c13-9-1-2-11(10(14)7-9)19-8-12(18)15(3-5-16)4-6-17/h1-2,7,16-17H,3-6,8H2. The molecule has 0 spiro atoms. The van der Waals surface area contributed by atoms with Gasteiger partial charge in [0.1, 0.15) is 0 Å². The van der Waals surface area contributed by atoms with Gasteiger partial charge in [-0.1, -0.05) is 15.9 Å². The summed E-state index contributed by atoms with van der Waals surface area (Å²) in [6.07, 6.45) is 0. The molecule has 0 aliphatic carbocycles. The van der Waals surface area contributed by atoms with Gasteiger partial charge in [-0.15, -0.1) is 0 Å². The lowest BCUT2D eigenvalue weighted by Crippen LogP contribution is -2.38. The van der Waals surface area contributed by atoms with E-state index in [4.69, 9.17) is 14.9 Å². The quantitative estimate of drug-likeness (QED) is 0.772. The normalized spacial score (nSPS) is 10.3. The third-order valence-corrected chi connectivity index (χ3v) is 2.83. The van der Waals surface area contributed by atoms with Crippen LogP contribution in [0.15, 0.2) is 22.7 Å². The SMILES string of the molecule is O=C(COc1ccc(Br)cc1F)N(CCO)CCO. The summed E-state index contributed by atoms with van der Waals surface area (Å²) in [5, 5.41) is 17.6. The third kappa shape index (κ3) is 5.14. The Kier molecular flexibility index (Phi) is 6.75. The van der Waals surface area contributed by atoms with Gasteiger partial charge < -0.3 is 19.8 Å². The number of amides is 1. The molecule has 0 heterocycles. The van der Waals surface area contributed by atoms with Crippen molar-refractivity contribution in [3.8, 4) is 5.75 Å². The van der Waals surface area contributed by atoms with Crippen molar-refractivity contribution in [2.75, 3.05) is 32.9 Å². The van der Waals surface area contributed by atoms with Crippen molar-refractivity contribution < 1.29 is 24.1 Å². The molecule has 1 amide bonds. The maximum Gasteiger partial charge on any atom is 0.260 e. The summed E-state index contributed by atoms with van der Waals surface area (Å²) >= 11 is 3.11. The van der Waals surface area contributed by atoms with Crippen molar-refractivity contribution in [3.63, 3.8) is 0 Å². The molecule has 1 aromatic carbocycles. The first-order valence-electron chi connectivity index (χ1n) is 5.65. The highest BCUT2D eigenvalue weighted by atomic mass is 79.9. The first-order valence-corrected chi connectivity index (χ1v) is 6.45. The van der Waals surface area contributed by atoms with Crippen molar-refractivity contribution in [2.24, 2.45) is 0 Å². The second-order valence-electron chi connectivity index (χ2n) is 3.69. The lowest BCUT2D eigenvalue weighted by molar-refractivity contribution is -0.134. The Hall–Kier alpha value is -1.18. The molecule has 19 heavy (non-hydrogen) atoms. The molecule has 0 aromatic heterocycles. The van der Waals surface area contributed by atoms with Gasteiger partial charge in [0, 0.05) is 17.6 Å². The zero-order valence-corrected chi connectivity index (χ0v) is 11.8. The van der Waals surface area contributed by atoms with Crippen LogP contribution in [0.3, 0.4) is 0 Å². The van der Waals surface area contributed by atoms with E-state index in [0.717, 1.165) is 0 Å². The van der Waals surface area contributed by atoms with Crippen LogP contribution in [-0.2, 0) is 4.79 Å². The molecule has 5 nitrogen and oxygen atoms in total. The van der Waals surface area contributed by atoms with Crippen molar-refractivity contribution >= 4 is 21.8 Å². The largest absolute Gasteiger partial charge is 0.481 e.